The van der Waals surface area contributed by atoms with Crippen LogP contribution < -0.4 is 0 Å². The van der Waals surface area contributed by atoms with Gasteiger partial charge < -0.3 is 4.74 Å². The molecule has 0 aromatic rings. The summed E-state index contributed by atoms with van der Waals surface area (Å²) >= 11 is 0. The topological polar surface area (TPSA) is 41.9 Å². The lowest BCUT2D eigenvalue weighted by molar-refractivity contribution is -0.142. The first kappa shape index (κ1) is 9.77. The fraction of sp³-hybridized carbons (Fsp3) is 0.556. The van der Waals surface area contributed by atoms with Gasteiger partial charge in [0.25, 0.3) is 0 Å². The minimum atomic E-state index is -0.258. The summed E-state index contributed by atoms with van der Waals surface area (Å²) in [7, 11) is 1.38. The Morgan fingerprint density at radius 2 is 2.46 bits per heavy atom. The average molecular weight is 182 g/mol. The molecule has 1 atom stereocenters. The number of allylic oxidation sites excluding steroid dienone is 1. The predicted molar refractivity (Wildman–Crippen MR) is 50.4 cm³/mol. The number of esters is 1. The van der Waals surface area contributed by atoms with Crippen LogP contribution in [0.1, 0.15) is 13.3 Å². The van der Waals surface area contributed by atoms with Gasteiger partial charge in [0.1, 0.15) is 6.54 Å². The number of carbonyl (C=O) groups is 1. The highest BCUT2D eigenvalue weighted by atomic mass is 16.5. The fourth-order valence-electron chi connectivity index (χ4n) is 1.19. The molecule has 1 aliphatic rings. The van der Waals surface area contributed by atoms with E-state index in [0.717, 1.165) is 6.42 Å². The highest BCUT2D eigenvalue weighted by molar-refractivity contribution is 5.74. The molecule has 0 N–H and O–H groups in total. The van der Waals surface area contributed by atoms with Gasteiger partial charge in [-0.3, -0.25) is 9.80 Å². The largest absolute Gasteiger partial charge is 0.468 e. The summed E-state index contributed by atoms with van der Waals surface area (Å²) in [6.07, 6.45) is 6.53. The summed E-state index contributed by atoms with van der Waals surface area (Å²) in [5.41, 5.74) is 0. The Morgan fingerprint density at radius 3 is 3.08 bits per heavy atom. The Morgan fingerprint density at radius 1 is 1.69 bits per heavy atom. The molecule has 0 saturated carbocycles. The lowest BCUT2D eigenvalue weighted by Crippen LogP contribution is -2.35. The summed E-state index contributed by atoms with van der Waals surface area (Å²) in [6, 6.07) is 0.212. The molecule has 1 rings (SSSR count). The van der Waals surface area contributed by atoms with Crippen LogP contribution in [0.5, 0.6) is 0 Å². The first-order chi connectivity index (χ1) is 6.27. The van der Waals surface area contributed by atoms with E-state index in [0.29, 0.717) is 0 Å². The van der Waals surface area contributed by atoms with E-state index in [1.807, 2.05) is 12.2 Å². The molecule has 0 saturated heterocycles. The second-order valence-electron chi connectivity index (χ2n) is 2.80. The van der Waals surface area contributed by atoms with Crippen molar-refractivity contribution >= 4 is 12.2 Å². The molecule has 0 radical (unpaired) electrons. The normalized spacial score (nSPS) is 20.5. The van der Waals surface area contributed by atoms with Gasteiger partial charge in [0.2, 0.25) is 0 Å². The second-order valence-corrected chi connectivity index (χ2v) is 2.80. The molecule has 0 aromatic heterocycles. The Labute approximate surface area is 77.9 Å². The molecule has 4 nitrogen and oxygen atoms in total. The van der Waals surface area contributed by atoms with Crippen molar-refractivity contribution < 1.29 is 9.53 Å². The number of hydrogen-bond acceptors (Lipinski definition) is 4. The number of carbonyl (C=O) groups excluding carboxylic acids is 1. The molecule has 0 bridgehead atoms. The van der Waals surface area contributed by atoms with Crippen molar-refractivity contribution in [2.45, 2.75) is 19.4 Å². The maximum atomic E-state index is 11.0. The summed E-state index contributed by atoms with van der Waals surface area (Å²) < 4.78 is 4.57. The van der Waals surface area contributed by atoms with Crippen molar-refractivity contribution in [3.8, 4) is 0 Å². The van der Waals surface area contributed by atoms with E-state index < -0.39 is 0 Å². The minimum absolute atomic E-state index is 0.212. The number of methoxy groups -OCH3 is 1. The lowest BCUT2D eigenvalue weighted by atomic mass is 10.2. The zero-order chi connectivity index (χ0) is 9.68. The molecule has 1 unspecified atom stereocenters. The third-order valence-corrected chi connectivity index (χ3v) is 1.95. The van der Waals surface area contributed by atoms with E-state index in [2.05, 4.69) is 16.8 Å². The zero-order valence-electron chi connectivity index (χ0n) is 7.93. The number of ether oxygens (including phenoxy) is 1. The van der Waals surface area contributed by atoms with Crippen molar-refractivity contribution in [2.75, 3.05) is 13.7 Å². The summed E-state index contributed by atoms with van der Waals surface area (Å²) in [5.74, 6) is -0.258. The third-order valence-electron chi connectivity index (χ3n) is 1.95. The molecule has 1 heterocycles. The first-order valence-corrected chi connectivity index (χ1v) is 4.32. The molecule has 1 aliphatic heterocycles. The van der Waals surface area contributed by atoms with Crippen LogP contribution in [-0.4, -0.2) is 36.9 Å². The summed E-state index contributed by atoms with van der Waals surface area (Å²) in [6.45, 7) is 2.27. The van der Waals surface area contributed by atoms with Crippen LogP contribution in [0.2, 0.25) is 0 Å². The van der Waals surface area contributed by atoms with Gasteiger partial charge in [0.15, 0.2) is 0 Å². The lowest BCUT2D eigenvalue weighted by Gasteiger charge is -2.26. The molecule has 13 heavy (non-hydrogen) atoms. The van der Waals surface area contributed by atoms with Crippen LogP contribution in [0, 0.1) is 0 Å². The summed E-state index contributed by atoms with van der Waals surface area (Å²) in [4.78, 5) is 11.0. The van der Waals surface area contributed by atoms with Crippen LogP contribution in [0.25, 0.3) is 0 Å². The molecule has 72 valence electrons. The Kier molecular flexibility index (Phi) is 3.49. The van der Waals surface area contributed by atoms with Crippen LogP contribution in [0.15, 0.2) is 17.3 Å². The predicted octanol–water partition coefficient (Wildman–Crippen LogP) is 0.796. The number of rotatable bonds is 3. The molecular weight excluding hydrogens is 168 g/mol. The van der Waals surface area contributed by atoms with Crippen LogP contribution in [0.3, 0.4) is 0 Å². The molecule has 0 fully saturated rings. The van der Waals surface area contributed by atoms with Gasteiger partial charge in [0, 0.05) is 6.21 Å². The highest BCUT2D eigenvalue weighted by Crippen LogP contribution is 2.09. The van der Waals surface area contributed by atoms with Crippen LogP contribution in [0.4, 0.5) is 0 Å². The quantitative estimate of drug-likeness (QED) is 0.606. The Bertz CT molecular complexity index is 236. The second kappa shape index (κ2) is 4.64. The van der Waals surface area contributed by atoms with Gasteiger partial charge >= 0.3 is 5.97 Å². The van der Waals surface area contributed by atoms with Crippen LogP contribution in [-0.2, 0) is 9.53 Å². The fourth-order valence-corrected chi connectivity index (χ4v) is 1.19. The van der Waals surface area contributed by atoms with E-state index in [9.17, 15) is 4.79 Å². The van der Waals surface area contributed by atoms with Gasteiger partial charge in [-0.15, -0.1) is 0 Å². The first-order valence-electron chi connectivity index (χ1n) is 4.32. The maximum Gasteiger partial charge on any atom is 0.327 e. The SMILES string of the molecule is CCC1C=CC=NN1CC(=O)OC. The van der Waals surface area contributed by atoms with Crippen molar-refractivity contribution in [3.05, 3.63) is 12.2 Å². The van der Waals surface area contributed by atoms with Gasteiger partial charge in [-0.1, -0.05) is 13.0 Å². The van der Waals surface area contributed by atoms with E-state index >= 15 is 0 Å². The molecule has 0 spiro atoms. The number of hydrazone groups is 1. The average Bonchev–Trinajstić information content (AvgIpc) is 2.18. The number of hydrogen-bond donors (Lipinski definition) is 0. The Hall–Kier alpha value is -1.32. The molecule has 0 amide bonds. The molecule has 0 aliphatic carbocycles. The third kappa shape index (κ3) is 2.57. The monoisotopic (exact) mass is 182 g/mol. The molecule has 4 heteroatoms. The van der Waals surface area contributed by atoms with E-state index in [4.69, 9.17) is 0 Å². The van der Waals surface area contributed by atoms with E-state index in [1.165, 1.54) is 7.11 Å². The van der Waals surface area contributed by atoms with Gasteiger partial charge in [-0.05, 0) is 12.5 Å². The summed E-state index contributed by atoms with van der Waals surface area (Å²) in [5, 5.41) is 5.82. The number of nitrogens with zero attached hydrogens (tertiary/aromatic N) is 2. The van der Waals surface area contributed by atoms with Gasteiger partial charge in [-0.2, -0.15) is 5.10 Å². The maximum absolute atomic E-state index is 11.0. The van der Waals surface area contributed by atoms with Crippen molar-refractivity contribution in [2.24, 2.45) is 5.10 Å². The standard InChI is InChI=1S/C9H14N2O2/c1-3-8-5-4-6-10-11(8)7-9(12)13-2/h4-6,8H,3,7H2,1-2H3. The van der Waals surface area contributed by atoms with Crippen molar-refractivity contribution in [1.82, 2.24) is 5.01 Å². The van der Waals surface area contributed by atoms with Crippen molar-refractivity contribution in [3.63, 3.8) is 0 Å². The van der Waals surface area contributed by atoms with Crippen LogP contribution >= 0.6 is 0 Å². The van der Waals surface area contributed by atoms with E-state index in [-0.39, 0.29) is 18.6 Å². The Balaban J connectivity index is 2.52. The molecule has 0 aromatic carbocycles. The smallest absolute Gasteiger partial charge is 0.327 e. The molecular formula is C9H14N2O2. The van der Waals surface area contributed by atoms with E-state index in [1.54, 1.807) is 11.2 Å². The minimum Gasteiger partial charge on any atom is -0.468 e. The van der Waals surface area contributed by atoms with Crippen molar-refractivity contribution in [1.29, 1.82) is 0 Å². The van der Waals surface area contributed by atoms with Gasteiger partial charge in [-0.25, -0.2) is 0 Å². The van der Waals surface area contributed by atoms with Gasteiger partial charge in [0.05, 0.1) is 13.2 Å². The highest BCUT2D eigenvalue weighted by Gasteiger charge is 2.16. The zero-order valence-corrected chi connectivity index (χ0v) is 7.93.